The summed E-state index contributed by atoms with van der Waals surface area (Å²) in [5.74, 6) is -2.53. The zero-order valence-corrected chi connectivity index (χ0v) is 18.6. The Labute approximate surface area is 193 Å². The maximum absolute atomic E-state index is 13.4. The van der Waals surface area contributed by atoms with Crippen LogP contribution in [0, 0.1) is 0 Å². The van der Waals surface area contributed by atoms with Gasteiger partial charge in [-0.15, -0.1) is 12.4 Å². The molecule has 0 radical (unpaired) electrons. The number of carboxylic acids is 2. The van der Waals surface area contributed by atoms with Gasteiger partial charge in [-0.25, -0.2) is 0 Å². The summed E-state index contributed by atoms with van der Waals surface area (Å²) in [6.45, 7) is -0.463. The second-order valence-electron chi connectivity index (χ2n) is 7.83. The van der Waals surface area contributed by atoms with Crippen molar-refractivity contribution in [1.29, 1.82) is 0 Å². The lowest BCUT2D eigenvalue weighted by molar-refractivity contribution is -0.140. The highest BCUT2D eigenvalue weighted by Crippen LogP contribution is 2.26. The first-order valence-electron chi connectivity index (χ1n) is 10.6. The van der Waals surface area contributed by atoms with Crippen LogP contribution in [-0.4, -0.2) is 46.7 Å². The third kappa shape index (κ3) is 6.80. The van der Waals surface area contributed by atoms with E-state index >= 15 is 0 Å². The Morgan fingerprint density at radius 1 is 1.03 bits per heavy atom. The number of rotatable bonds is 8. The number of nitrogens with zero attached hydrogens (tertiary/aromatic N) is 1. The van der Waals surface area contributed by atoms with Crippen molar-refractivity contribution in [3.63, 3.8) is 0 Å². The van der Waals surface area contributed by atoms with Crippen molar-refractivity contribution in [3.05, 3.63) is 65.7 Å². The molecule has 1 aliphatic rings. The molecule has 0 bridgehead atoms. The topological polar surface area (TPSA) is 107 Å². The fourth-order valence-electron chi connectivity index (χ4n) is 4.01. The number of anilines is 1. The van der Waals surface area contributed by atoms with Gasteiger partial charge in [-0.05, 0) is 49.3 Å². The molecule has 0 saturated heterocycles. The molecule has 1 heterocycles. The first-order valence-corrected chi connectivity index (χ1v) is 10.6. The summed E-state index contributed by atoms with van der Waals surface area (Å²) >= 11 is 0. The van der Waals surface area contributed by atoms with Crippen LogP contribution in [-0.2, 0) is 27.2 Å². The summed E-state index contributed by atoms with van der Waals surface area (Å²) in [4.78, 5) is 38.1. The van der Waals surface area contributed by atoms with Crippen LogP contribution < -0.4 is 10.2 Å². The van der Waals surface area contributed by atoms with Crippen molar-refractivity contribution in [3.8, 4) is 0 Å². The van der Waals surface area contributed by atoms with E-state index in [4.69, 9.17) is 0 Å². The van der Waals surface area contributed by atoms with Gasteiger partial charge in [0.05, 0.1) is 6.04 Å². The molecule has 0 fully saturated rings. The number of halogens is 1. The number of hydrogen-bond acceptors (Lipinski definition) is 4. The van der Waals surface area contributed by atoms with Crippen molar-refractivity contribution >= 4 is 35.9 Å². The molecule has 1 amide bonds. The molecule has 1 aliphatic heterocycles. The molecular formula is C24H29ClN2O5. The van der Waals surface area contributed by atoms with Gasteiger partial charge in [0.15, 0.2) is 0 Å². The maximum Gasteiger partial charge on any atom is 0.323 e. The van der Waals surface area contributed by atoms with Crippen LogP contribution in [0.25, 0.3) is 0 Å². The van der Waals surface area contributed by atoms with Crippen LogP contribution >= 0.6 is 12.4 Å². The van der Waals surface area contributed by atoms with Gasteiger partial charge in [0.1, 0.15) is 12.6 Å². The third-order valence-corrected chi connectivity index (χ3v) is 5.59. The predicted octanol–water partition coefficient (Wildman–Crippen LogP) is 3.30. The predicted molar refractivity (Wildman–Crippen MR) is 124 cm³/mol. The number of amides is 1. The van der Waals surface area contributed by atoms with Gasteiger partial charge in [-0.3, -0.25) is 24.6 Å². The fourth-order valence-corrected chi connectivity index (χ4v) is 4.01. The number of hydrogen-bond donors (Lipinski definition) is 3. The Bertz CT molecular complexity index is 922. The molecule has 8 heteroatoms. The van der Waals surface area contributed by atoms with Gasteiger partial charge in [-0.2, -0.15) is 0 Å². The van der Waals surface area contributed by atoms with Crippen molar-refractivity contribution in [2.45, 2.75) is 50.6 Å². The monoisotopic (exact) mass is 460 g/mol. The number of carbonyl (C=O) groups is 3. The number of fused-ring (bicyclic) bond motifs is 1. The zero-order chi connectivity index (χ0) is 22.2. The smallest absolute Gasteiger partial charge is 0.323 e. The van der Waals surface area contributed by atoms with Crippen LogP contribution in [0.4, 0.5) is 5.69 Å². The van der Waals surface area contributed by atoms with Crippen LogP contribution in [0.5, 0.6) is 0 Å². The lowest BCUT2D eigenvalue weighted by Gasteiger charge is -2.29. The molecule has 2 atom stereocenters. The molecule has 0 aliphatic carbocycles. The number of para-hydroxylation sites is 1. The van der Waals surface area contributed by atoms with E-state index in [2.05, 4.69) is 5.32 Å². The molecule has 0 saturated carbocycles. The number of carbonyl (C=O) groups excluding carboxylic acids is 1. The van der Waals surface area contributed by atoms with Crippen LogP contribution in [0.15, 0.2) is 54.6 Å². The highest BCUT2D eigenvalue weighted by molar-refractivity contribution is 6.01. The van der Waals surface area contributed by atoms with E-state index in [1.807, 2.05) is 42.5 Å². The molecule has 3 rings (SSSR count). The summed E-state index contributed by atoms with van der Waals surface area (Å²) in [6.07, 6.45) is 3.67. The largest absolute Gasteiger partial charge is 0.480 e. The Morgan fingerprint density at radius 2 is 1.72 bits per heavy atom. The maximum atomic E-state index is 13.4. The Balaban J connectivity index is 0.00000363. The fraction of sp³-hybridized carbons (Fsp3) is 0.375. The minimum absolute atomic E-state index is 0. The van der Waals surface area contributed by atoms with E-state index in [0.29, 0.717) is 24.9 Å². The van der Waals surface area contributed by atoms with E-state index in [9.17, 15) is 24.6 Å². The normalized spacial score (nSPS) is 17.2. The summed E-state index contributed by atoms with van der Waals surface area (Å²) in [7, 11) is 0. The van der Waals surface area contributed by atoms with Gasteiger partial charge in [0.25, 0.3) is 0 Å². The molecule has 0 spiro atoms. The van der Waals surface area contributed by atoms with Crippen LogP contribution in [0.1, 0.15) is 36.8 Å². The highest BCUT2D eigenvalue weighted by atomic mass is 35.5. The quantitative estimate of drug-likeness (QED) is 0.558. The van der Waals surface area contributed by atoms with Crippen LogP contribution in [0.3, 0.4) is 0 Å². The summed E-state index contributed by atoms with van der Waals surface area (Å²) in [5, 5.41) is 22.2. The van der Waals surface area contributed by atoms with E-state index in [-0.39, 0.29) is 12.4 Å². The van der Waals surface area contributed by atoms with Gasteiger partial charge >= 0.3 is 11.9 Å². The van der Waals surface area contributed by atoms with E-state index < -0.39 is 36.5 Å². The lowest BCUT2D eigenvalue weighted by atomic mass is 10.0. The molecule has 7 nitrogen and oxygen atoms in total. The highest BCUT2D eigenvalue weighted by Gasteiger charge is 2.32. The van der Waals surface area contributed by atoms with Gasteiger partial charge < -0.3 is 10.2 Å². The van der Waals surface area contributed by atoms with Crippen molar-refractivity contribution in [2.75, 3.05) is 11.4 Å². The standard InChI is InChI=1S/C24H28N2O5.ClH/c27-22(28)16-26-21-13-7-5-11-18(21)10-4-6-12-19(23(26)29)25-20(24(30)31)15-14-17-8-2-1-3-9-17;/h1-3,5,7-9,11,13,19-20,25H,4,6,10,12,14-16H2,(H,27,28)(H,30,31);1H/t19-,20-;/m0./s1. The molecule has 0 unspecified atom stereocenters. The van der Waals surface area contributed by atoms with Crippen LogP contribution in [0.2, 0.25) is 0 Å². The average Bonchev–Trinajstić information content (AvgIpc) is 2.81. The molecule has 0 aromatic heterocycles. The van der Waals surface area contributed by atoms with Crippen molar-refractivity contribution < 1.29 is 24.6 Å². The molecule has 172 valence electrons. The minimum Gasteiger partial charge on any atom is -0.480 e. The average molecular weight is 461 g/mol. The van der Waals surface area contributed by atoms with Gasteiger partial charge in [0, 0.05) is 5.69 Å². The van der Waals surface area contributed by atoms with E-state index in [1.54, 1.807) is 12.1 Å². The zero-order valence-electron chi connectivity index (χ0n) is 17.8. The SMILES string of the molecule is Cl.O=C(O)CN1C(=O)[C@@H](N[C@@H](CCc2ccccc2)C(=O)O)CCCCc2ccccc21. The second-order valence-corrected chi connectivity index (χ2v) is 7.83. The minimum atomic E-state index is -1.11. The number of aliphatic carboxylic acids is 2. The van der Waals surface area contributed by atoms with Crippen molar-refractivity contribution in [1.82, 2.24) is 5.32 Å². The Hall–Kier alpha value is -2.90. The Morgan fingerprint density at radius 3 is 2.41 bits per heavy atom. The number of carboxylic acid groups (broad SMARTS) is 2. The molecule has 3 N–H and O–H groups in total. The summed E-state index contributed by atoms with van der Waals surface area (Å²) in [6, 6.07) is 15.2. The third-order valence-electron chi connectivity index (χ3n) is 5.59. The van der Waals surface area contributed by atoms with Gasteiger partial charge in [0.2, 0.25) is 5.91 Å². The first kappa shape index (κ1) is 25.4. The van der Waals surface area contributed by atoms with E-state index in [0.717, 1.165) is 30.4 Å². The molecular weight excluding hydrogens is 432 g/mol. The van der Waals surface area contributed by atoms with E-state index in [1.165, 1.54) is 4.90 Å². The molecule has 32 heavy (non-hydrogen) atoms. The second kappa shape index (κ2) is 12.2. The van der Waals surface area contributed by atoms with Crippen molar-refractivity contribution in [2.24, 2.45) is 0 Å². The number of benzene rings is 2. The molecule has 2 aromatic rings. The van der Waals surface area contributed by atoms with Gasteiger partial charge in [-0.1, -0.05) is 55.0 Å². The molecule has 2 aromatic carbocycles. The first-order chi connectivity index (χ1) is 15.0. The Kier molecular flexibility index (Phi) is 9.68. The lowest BCUT2D eigenvalue weighted by Crippen LogP contribution is -2.53. The number of nitrogens with one attached hydrogen (secondary N) is 1. The summed E-state index contributed by atoms with van der Waals surface area (Å²) < 4.78 is 0. The summed E-state index contributed by atoms with van der Waals surface area (Å²) in [5.41, 5.74) is 2.54. The number of aryl methyl sites for hydroxylation is 2.